The van der Waals surface area contributed by atoms with Crippen molar-refractivity contribution in [2.24, 2.45) is 0 Å². The molecule has 0 aromatic heterocycles. The lowest BCUT2D eigenvalue weighted by Crippen LogP contribution is -2.26. The van der Waals surface area contributed by atoms with E-state index in [0.717, 1.165) is 0 Å². The molecule has 166 valence electrons. The van der Waals surface area contributed by atoms with Crippen molar-refractivity contribution >= 4 is 50.5 Å². The van der Waals surface area contributed by atoms with Crippen LogP contribution in [0, 0.1) is 10.1 Å². The van der Waals surface area contributed by atoms with Crippen LogP contribution >= 0.6 is 23.2 Å². The number of nitro groups is 1. The summed E-state index contributed by atoms with van der Waals surface area (Å²) in [7, 11) is -3.99. The Balaban J connectivity index is 1.71. The Hall–Kier alpha value is -3.14. The van der Waals surface area contributed by atoms with E-state index < -0.39 is 26.9 Å². The van der Waals surface area contributed by atoms with Gasteiger partial charge in [-0.15, -0.1) is 0 Å². The van der Waals surface area contributed by atoms with E-state index in [2.05, 4.69) is 10.0 Å². The predicted molar refractivity (Wildman–Crippen MR) is 123 cm³/mol. The van der Waals surface area contributed by atoms with Crippen LogP contribution in [0.4, 0.5) is 11.4 Å². The Kier molecular flexibility index (Phi) is 7.02. The van der Waals surface area contributed by atoms with Crippen molar-refractivity contribution < 1.29 is 18.1 Å². The van der Waals surface area contributed by atoms with E-state index >= 15 is 0 Å². The maximum atomic E-state index is 12.6. The molecule has 0 saturated carbocycles. The van der Waals surface area contributed by atoms with Gasteiger partial charge in [-0.25, -0.2) is 8.42 Å². The maximum absolute atomic E-state index is 12.6. The molecule has 0 radical (unpaired) electrons. The summed E-state index contributed by atoms with van der Waals surface area (Å²) in [6, 6.07) is 15.4. The highest BCUT2D eigenvalue weighted by molar-refractivity contribution is 7.92. The van der Waals surface area contributed by atoms with Crippen LogP contribution < -0.4 is 10.0 Å². The Morgan fingerprint density at radius 2 is 1.72 bits per heavy atom. The van der Waals surface area contributed by atoms with Crippen LogP contribution in [0.3, 0.4) is 0 Å². The zero-order valence-electron chi connectivity index (χ0n) is 16.6. The van der Waals surface area contributed by atoms with Crippen LogP contribution in [0.5, 0.6) is 0 Å². The number of hydrogen-bond donors (Lipinski definition) is 2. The normalized spacial score (nSPS) is 12.1. The van der Waals surface area contributed by atoms with Crippen molar-refractivity contribution in [1.82, 2.24) is 5.32 Å². The Labute approximate surface area is 194 Å². The number of nitrogens with one attached hydrogen (secondary N) is 2. The molecule has 32 heavy (non-hydrogen) atoms. The van der Waals surface area contributed by atoms with Gasteiger partial charge in [0.05, 0.1) is 16.0 Å². The van der Waals surface area contributed by atoms with E-state index in [0.29, 0.717) is 5.56 Å². The van der Waals surface area contributed by atoms with Gasteiger partial charge in [0.2, 0.25) is 0 Å². The summed E-state index contributed by atoms with van der Waals surface area (Å²) in [4.78, 5) is 22.8. The molecule has 0 aliphatic heterocycles. The molecule has 0 aliphatic carbocycles. The average molecular weight is 494 g/mol. The molecule has 2 N–H and O–H groups in total. The molecule has 1 unspecified atom stereocenters. The number of carbonyl (C=O) groups excluding carboxylic acids is 1. The average Bonchev–Trinajstić information content (AvgIpc) is 2.75. The summed E-state index contributed by atoms with van der Waals surface area (Å²) in [5, 5.41) is 13.9. The lowest BCUT2D eigenvalue weighted by Gasteiger charge is -2.15. The first-order valence-corrected chi connectivity index (χ1v) is 11.4. The van der Waals surface area contributed by atoms with Gasteiger partial charge in [-0.2, -0.15) is 0 Å². The van der Waals surface area contributed by atoms with E-state index in [1.807, 2.05) is 0 Å². The molecule has 3 aromatic carbocycles. The van der Waals surface area contributed by atoms with E-state index in [-0.39, 0.29) is 31.9 Å². The minimum absolute atomic E-state index is 0.0213. The number of benzene rings is 3. The Morgan fingerprint density at radius 3 is 2.38 bits per heavy atom. The Morgan fingerprint density at radius 1 is 1.03 bits per heavy atom. The zero-order valence-corrected chi connectivity index (χ0v) is 18.9. The number of nitro benzene ring substituents is 1. The number of sulfonamides is 1. The topological polar surface area (TPSA) is 118 Å². The highest BCUT2D eigenvalue weighted by Gasteiger charge is 2.19. The first kappa shape index (κ1) is 23.5. The summed E-state index contributed by atoms with van der Waals surface area (Å²) in [6.07, 6.45) is 0. The largest absolute Gasteiger partial charge is 0.346 e. The third-order valence-corrected chi connectivity index (χ3v) is 6.61. The van der Waals surface area contributed by atoms with Gasteiger partial charge in [0.15, 0.2) is 0 Å². The minimum Gasteiger partial charge on any atom is -0.346 e. The summed E-state index contributed by atoms with van der Waals surface area (Å²) in [5.74, 6) is -0.420. The molecule has 3 aromatic rings. The van der Waals surface area contributed by atoms with Crippen LogP contribution in [0.2, 0.25) is 10.0 Å². The van der Waals surface area contributed by atoms with Gasteiger partial charge in [0, 0.05) is 28.4 Å². The van der Waals surface area contributed by atoms with Gasteiger partial charge in [0.25, 0.3) is 21.6 Å². The van der Waals surface area contributed by atoms with Crippen LogP contribution in [0.1, 0.15) is 28.9 Å². The van der Waals surface area contributed by atoms with E-state index in [1.54, 1.807) is 19.1 Å². The first-order chi connectivity index (χ1) is 15.1. The van der Waals surface area contributed by atoms with Crippen molar-refractivity contribution in [1.29, 1.82) is 0 Å². The smallest absolute Gasteiger partial charge is 0.269 e. The summed E-state index contributed by atoms with van der Waals surface area (Å²) >= 11 is 11.8. The van der Waals surface area contributed by atoms with Crippen molar-refractivity contribution in [3.63, 3.8) is 0 Å². The van der Waals surface area contributed by atoms with Gasteiger partial charge < -0.3 is 5.32 Å². The molecule has 8 nitrogen and oxygen atoms in total. The number of amides is 1. The molecular weight excluding hydrogens is 477 g/mol. The van der Waals surface area contributed by atoms with Crippen LogP contribution in [0.25, 0.3) is 0 Å². The number of halogens is 2. The molecule has 0 aliphatic rings. The fourth-order valence-corrected chi connectivity index (χ4v) is 4.68. The van der Waals surface area contributed by atoms with Crippen LogP contribution in [0.15, 0.2) is 71.6 Å². The van der Waals surface area contributed by atoms with Gasteiger partial charge >= 0.3 is 0 Å². The highest BCUT2D eigenvalue weighted by atomic mass is 35.5. The molecule has 1 amide bonds. The number of anilines is 1. The first-order valence-electron chi connectivity index (χ1n) is 9.20. The summed E-state index contributed by atoms with van der Waals surface area (Å²) < 4.78 is 27.6. The van der Waals surface area contributed by atoms with E-state index in [1.165, 1.54) is 54.6 Å². The SMILES string of the molecule is CC(NC(=O)c1ccc(NS(=O)(=O)c2cc(Cl)ccc2Cl)cc1)c1cccc([N+](=O)[O-])c1. The number of rotatable bonds is 7. The Bertz CT molecular complexity index is 1280. The molecule has 0 saturated heterocycles. The van der Waals surface area contributed by atoms with Gasteiger partial charge in [-0.05, 0) is 55.0 Å². The van der Waals surface area contributed by atoms with Crippen molar-refractivity contribution in [3.05, 3.63) is 98.0 Å². The van der Waals surface area contributed by atoms with Gasteiger partial charge in [0.1, 0.15) is 4.90 Å². The lowest BCUT2D eigenvalue weighted by atomic mass is 10.1. The van der Waals surface area contributed by atoms with E-state index in [4.69, 9.17) is 23.2 Å². The fourth-order valence-electron chi connectivity index (χ4n) is 2.85. The van der Waals surface area contributed by atoms with Crippen molar-refractivity contribution in [2.45, 2.75) is 17.9 Å². The molecule has 0 fully saturated rings. The number of hydrogen-bond acceptors (Lipinski definition) is 5. The maximum Gasteiger partial charge on any atom is 0.269 e. The third-order valence-electron chi connectivity index (χ3n) is 4.51. The second-order valence-corrected chi connectivity index (χ2v) is 9.30. The summed E-state index contributed by atoms with van der Waals surface area (Å²) in [5.41, 5.74) is 1.02. The van der Waals surface area contributed by atoms with E-state index in [9.17, 15) is 23.3 Å². The second kappa shape index (κ2) is 9.56. The van der Waals surface area contributed by atoms with Crippen LogP contribution in [-0.4, -0.2) is 19.2 Å². The zero-order chi connectivity index (χ0) is 23.5. The number of carbonyl (C=O) groups is 1. The highest BCUT2D eigenvalue weighted by Crippen LogP contribution is 2.27. The van der Waals surface area contributed by atoms with Gasteiger partial charge in [-0.3, -0.25) is 19.6 Å². The third kappa shape index (κ3) is 5.56. The van der Waals surface area contributed by atoms with Crippen molar-refractivity contribution in [2.75, 3.05) is 4.72 Å². The second-order valence-electron chi connectivity index (χ2n) is 6.80. The fraction of sp³-hybridized carbons (Fsp3) is 0.0952. The molecular formula is C21H17Cl2N3O5S. The quantitative estimate of drug-likeness (QED) is 0.346. The van der Waals surface area contributed by atoms with Gasteiger partial charge in [-0.1, -0.05) is 35.3 Å². The van der Waals surface area contributed by atoms with Crippen molar-refractivity contribution in [3.8, 4) is 0 Å². The molecule has 11 heteroatoms. The molecule has 0 bridgehead atoms. The molecule has 0 spiro atoms. The molecule has 0 heterocycles. The molecule has 1 atom stereocenters. The monoisotopic (exact) mass is 493 g/mol. The number of nitrogens with zero attached hydrogens (tertiary/aromatic N) is 1. The standard InChI is InChI=1S/C21H17Cl2N3O5S/c1-13(15-3-2-4-18(11-15)26(28)29)24-21(27)14-5-8-17(9-6-14)25-32(30,31)20-12-16(22)7-10-19(20)23/h2-13,25H,1H3,(H,24,27). The number of non-ortho nitro benzene ring substituents is 1. The van der Waals surface area contributed by atoms with Crippen LogP contribution in [-0.2, 0) is 10.0 Å². The molecule has 3 rings (SSSR count). The summed E-state index contributed by atoms with van der Waals surface area (Å²) in [6.45, 7) is 1.70. The minimum atomic E-state index is -3.99. The predicted octanol–water partition coefficient (Wildman–Crippen LogP) is 5.19. The lowest BCUT2D eigenvalue weighted by molar-refractivity contribution is -0.384.